The van der Waals surface area contributed by atoms with Gasteiger partial charge in [0.1, 0.15) is 0 Å². The van der Waals surface area contributed by atoms with Crippen LogP contribution in [0.15, 0.2) is 56.4 Å². The van der Waals surface area contributed by atoms with Crippen LogP contribution in [0, 0.1) is 23.7 Å². The molecule has 2 fully saturated rings. The molecule has 31 nitrogen and oxygen atoms in total. The molecule has 512 valence electrons. The Morgan fingerprint density at radius 2 is 0.891 bits per heavy atom. The number of amides is 6. The molecule has 39 heteroatoms. The summed E-state index contributed by atoms with van der Waals surface area (Å²) in [4.78, 5) is 107. The van der Waals surface area contributed by atoms with Crippen molar-refractivity contribution in [2.45, 2.75) is 60.7 Å². The molecule has 6 amide bonds. The van der Waals surface area contributed by atoms with E-state index in [1.165, 1.54) is 14.2 Å². The van der Waals surface area contributed by atoms with Crippen molar-refractivity contribution in [3.8, 4) is 0 Å². The molecular formula is C53H70F6N10O21S2. The van der Waals surface area contributed by atoms with Gasteiger partial charge >= 0.3 is 18.5 Å². The zero-order chi connectivity index (χ0) is 67.9. The summed E-state index contributed by atoms with van der Waals surface area (Å²) in [6.45, 7) is 0.482. The normalized spacial score (nSPS) is 16.1. The number of hydroxylamine groups is 4. The molecule has 2 saturated heterocycles. The van der Waals surface area contributed by atoms with E-state index in [-0.39, 0.29) is 154 Å². The third kappa shape index (κ3) is 25.0. The number of nitrogens with one attached hydrogen (secondary N) is 2. The third-order valence-corrected chi connectivity index (χ3v) is 17.3. The van der Waals surface area contributed by atoms with E-state index in [1.807, 2.05) is 0 Å². The fraction of sp³-hybridized carbons (Fsp3) is 0.642. The topological polar surface area (TPSA) is 408 Å². The predicted octanol–water partition coefficient (Wildman–Crippen LogP) is 4.97. The molecule has 0 spiro atoms. The van der Waals surface area contributed by atoms with Gasteiger partial charge in [0, 0.05) is 76.3 Å². The Morgan fingerprint density at radius 3 is 1.22 bits per heavy atom. The van der Waals surface area contributed by atoms with Gasteiger partial charge in [-0.25, -0.2) is 16.8 Å². The first-order valence-corrected chi connectivity index (χ1v) is 31.6. The number of carbonyl (C=O) groups is 7. The third-order valence-electron chi connectivity index (χ3n) is 13.6. The fourth-order valence-electron chi connectivity index (χ4n) is 9.25. The van der Waals surface area contributed by atoms with E-state index in [4.69, 9.17) is 58.6 Å². The predicted molar refractivity (Wildman–Crippen MR) is 301 cm³/mol. The number of azide groups is 2. The summed E-state index contributed by atoms with van der Waals surface area (Å²) in [6, 6.07) is 2.97. The molecule has 2 N–H and O–H groups in total. The molecule has 2 aromatic carbocycles. The number of benzene rings is 2. The number of carbonyl (C=O) groups excluding carboxylic acids is 7. The largest absolute Gasteiger partial charge is 0.560 e. The van der Waals surface area contributed by atoms with Crippen LogP contribution < -0.4 is 10.6 Å². The van der Waals surface area contributed by atoms with E-state index in [9.17, 15) is 76.7 Å². The van der Waals surface area contributed by atoms with Gasteiger partial charge in [0.25, 0.3) is 35.4 Å². The zero-order valence-electron chi connectivity index (χ0n) is 49.9. The lowest BCUT2D eigenvalue weighted by atomic mass is 9.88. The first kappa shape index (κ1) is 77.2. The minimum absolute atomic E-state index is 0.0125. The molecule has 2 heterocycles. The maximum atomic E-state index is 14.2. The van der Waals surface area contributed by atoms with Crippen LogP contribution in [0.1, 0.15) is 70.4 Å². The number of imide groups is 2. The van der Waals surface area contributed by atoms with E-state index in [2.05, 4.69) is 30.7 Å². The molecule has 0 bridgehead atoms. The number of hydrogen-bond acceptors (Lipinski definition) is 23. The molecule has 92 heavy (non-hydrogen) atoms. The Kier molecular flexibility index (Phi) is 32.4. The maximum absolute atomic E-state index is 14.2. The molecule has 0 aromatic heterocycles. The van der Waals surface area contributed by atoms with E-state index < -0.39 is 154 Å². The summed E-state index contributed by atoms with van der Waals surface area (Å²) in [7, 11) is -6.90. The van der Waals surface area contributed by atoms with Crippen molar-refractivity contribution in [2.75, 3.05) is 144 Å². The highest BCUT2D eigenvalue weighted by atomic mass is 32.2. The maximum Gasteiger partial charge on any atom is 0.560 e. The van der Waals surface area contributed by atoms with Crippen molar-refractivity contribution >= 4 is 61.3 Å². The summed E-state index contributed by atoms with van der Waals surface area (Å²) >= 11 is 0. The van der Waals surface area contributed by atoms with Crippen molar-refractivity contribution in [3.05, 3.63) is 79.5 Å². The lowest BCUT2D eigenvalue weighted by Crippen LogP contribution is -2.40. The fourth-order valence-corrected chi connectivity index (χ4v) is 12.7. The van der Waals surface area contributed by atoms with Crippen molar-refractivity contribution in [1.82, 2.24) is 20.8 Å². The zero-order valence-corrected chi connectivity index (χ0v) is 51.5. The number of sulfone groups is 2. The molecule has 0 aliphatic carbocycles. The number of nitrogens with zero attached hydrogens (tertiary/aromatic N) is 8. The van der Waals surface area contributed by atoms with Gasteiger partial charge in [-0.2, -0.15) is 31.1 Å². The summed E-state index contributed by atoms with van der Waals surface area (Å²) < 4.78 is 183. The number of alkyl halides is 6. The van der Waals surface area contributed by atoms with Gasteiger partial charge in [0.05, 0.1) is 135 Å². The van der Waals surface area contributed by atoms with Crippen LogP contribution in [0.5, 0.6) is 0 Å². The quantitative estimate of drug-likeness (QED) is 0.0221. The molecule has 2 aromatic rings. The number of rotatable bonds is 44. The van der Waals surface area contributed by atoms with E-state index in [0.29, 0.717) is 36.4 Å². The second kappa shape index (κ2) is 38.7. The SMILES string of the molecule is COCCCC(CS(=O)(=O)c1ccc(C(F)(F)F)c(C(=O)NCCOCCOCCOCCN=[N+]=[N-])c1)C1CC(=O)N(OC(=O)ON2C(=O)CC(C(CCCOC)CS(=O)(=O)c3ccc(C(F)(F)F)c(C(=O)NCCOCCOCCOCCN=[N+]=[N-])c3)C2=O)C1=O. The number of hydrogen-bond donors (Lipinski definition) is 2. The average Bonchev–Trinajstić information content (AvgIpc) is 1.12. The summed E-state index contributed by atoms with van der Waals surface area (Å²) in [6.07, 6.45) is -14.2. The van der Waals surface area contributed by atoms with Gasteiger partial charge in [-0.05, 0) is 85.0 Å². The van der Waals surface area contributed by atoms with Crippen LogP contribution in [-0.4, -0.2) is 213 Å². The van der Waals surface area contributed by atoms with Gasteiger partial charge in [-0.3, -0.25) is 38.4 Å². The van der Waals surface area contributed by atoms with Gasteiger partial charge in [0.2, 0.25) is 0 Å². The second-order valence-corrected chi connectivity index (χ2v) is 24.0. The second-order valence-electron chi connectivity index (χ2n) is 20.0. The molecule has 2 aliphatic heterocycles. The highest BCUT2D eigenvalue weighted by molar-refractivity contribution is 7.91. The van der Waals surface area contributed by atoms with Crippen LogP contribution in [0.4, 0.5) is 31.1 Å². The van der Waals surface area contributed by atoms with Crippen LogP contribution in [0.25, 0.3) is 20.9 Å². The standard InChI is InChI=1S/C53H70F6N10O21S2/c1-81-15-3-5-35(33-91(77,78)37-7-9-43(52(54,55)56)41(29-37)47(72)62-11-17-83-21-25-87-27-23-85-19-13-64-66-60)39-31-45(70)68(49(39)74)89-51(76)90-69-46(71)32-40(50(69)75)36(6-4-16-82-2)34-92(79,80)38-8-10-44(53(57,58)59)42(30-38)48(73)63-12-18-84-22-26-88-28-24-86-20-14-65-67-61/h7-10,29-30,35-36,39-40H,3-6,11-28,31-34H2,1-2H3,(H,62,72)(H,63,73). The monoisotopic (exact) mass is 1360 g/mol. The molecule has 0 saturated carbocycles. The average molecular weight is 1360 g/mol. The Bertz CT molecular complexity index is 2950. The molecular weight excluding hydrogens is 1290 g/mol. The number of ether oxygens (including phenoxy) is 8. The van der Waals surface area contributed by atoms with Crippen molar-refractivity contribution in [2.24, 2.45) is 33.9 Å². The van der Waals surface area contributed by atoms with Gasteiger partial charge in [-0.1, -0.05) is 20.4 Å². The Morgan fingerprint density at radius 1 is 0.554 bits per heavy atom. The smallest absolute Gasteiger partial charge is 0.385 e. The molecule has 4 unspecified atom stereocenters. The van der Waals surface area contributed by atoms with Crippen LogP contribution in [0.3, 0.4) is 0 Å². The Balaban J connectivity index is 1.42. The van der Waals surface area contributed by atoms with Crippen LogP contribution in [-0.2, 0) is 98.8 Å². The Labute approximate surface area is 523 Å². The lowest BCUT2D eigenvalue weighted by Gasteiger charge is -2.23. The summed E-state index contributed by atoms with van der Waals surface area (Å²) in [5, 5.41) is 10.9. The van der Waals surface area contributed by atoms with Gasteiger partial charge in [-0.15, -0.1) is 0 Å². The van der Waals surface area contributed by atoms with Crippen molar-refractivity contribution in [1.29, 1.82) is 0 Å². The first-order valence-electron chi connectivity index (χ1n) is 28.3. The molecule has 4 atom stereocenters. The van der Waals surface area contributed by atoms with Gasteiger partial charge in [0.15, 0.2) is 19.7 Å². The van der Waals surface area contributed by atoms with E-state index in [1.54, 1.807) is 0 Å². The van der Waals surface area contributed by atoms with Crippen LogP contribution in [0.2, 0.25) is 0 Å². The number of halogens is 6. The Hall–Kier alpha value is -7.29. The van der Waals surface area contributed by atoms with Crippen LogP contribution >= 0.6 is 0 Å². The molecule has 2 aliphatic rings. The minimum atomic E-state index is -5.14. The summed E-state index contributed by atoms with van der Waals surface area (Å²) in [5.74, 6) is -15.7. The lowest BCUT2D eigenvalue weighted by molar-refractivity contribution is -0.199. The first-order chi connectivity index (χ1) is 43.7. The number of methoxy groups -OCH3 is 2. The summed E-state index contributed by atoms with van der Waals surface area (Å²) in [5.41, 5.74) is 11.4. The van der Waals surface area contributed by atoms with Crippen molar-refractivity contribution in [3.63, 3.8) is 0 Å². The highest BCUT2D eigenvalue weighted by Crippen LogP contribution is 2.38. The minimum Gasteiger partial charge on any atom is -0.385 e. The highest BCUT2D eigenvalue weighted by Gasteiger charge is 2.50. The molecule has 4 rings (SSSR count). The van der Waals surface area contributed by atoms with E-state index >= 15 is 0 Å². The van der Waals surface area contributed by atoms with E-state index in [0.717, 1.165) is 0 Å². The van der Waals surface area contributed by atoms with Gasteiger partial charge < -0.3 is 48.5 Å². The van der Waals surface area contributed by atoms with Crippen molar-refractivity contribution < 1.29 is 124 Å². The molecule has 0 radical (unpaired) electrons.